The van der Waals surface area contributed by atoms with Crippen LogP contribution < -0.4 is 0 Å². The highest BCUT2D eigenvalue weighted by Crippen LogP contribution is 2.14. The Labute approximate surface area is 101 Å². The molecule has 0 amide bonds. The molecule has 4 nitrogen and oxygen atoms in total. The van der Waals surface area contributed by atoms with Crippen LogP contribution in [0.1, 0.15) is 29.9 Å². The molecule has 0 radical (unpaired) electrons. The molecule has 1 aliphatic rings. The van der Waals surface area contributed by atoms with Crippen molar-refractivity contribution in [2.75, 3.05) is 13.1 Å². The summed E-state index contributed by atoms with van der Waals surface area (Å²) < 4.78 is 2.08. The molecule has 3 heterocycles. The molecule has 3 rings (SSSR count). The Hall–Kier alpha value is -1.42. The number of likely N-dealkylation sites (tertiary alicyclic amines) is 1. The van der Waals surface area contributed by atoms with E-state index in [2.05, 4.69) is 38.5 Å². The SMILES string of the molecule is Cc1cc(C)n2cc(CN3CCCC3)nc2n1. The maximum absolute atomic E-state index is 4.61. The molecule has 2 aromatic heterocycles. The van der Waals surface area contributed by atoms with Crippen molar-refractivity contribution in [2.45, 2.75) is 33.2 Å². The second kappa shape index (κ2) is 4.11. The fraction of sp³-hybridized carbons (Fsp3) is 0.538. The van der Waals surface area contributed by atoms with Gasteiger partial charge in [-0.3, -0.25) is 9.30 Å². The molecule has 2 aromatic rings. The zero-order valence-corrected chi connectivity index (χ0v) is 10.5. The molecule has 4 heteroatoms. The third kappa shape index (κ3) is 2.05. The lowest BCUT2D eigenvalue weighted by Gasteiger charge is -2.11. The molecule has 0 spiro atoms. The van der Waals surface area contributed by atoms with E-state index >= 15 is 0 Å². The van der Waals surface area contributed by atoms with Crippen LogP contribution in [0.3, 0.4) is 0 Å². The molecule has 0 aromatic carbocycles. The van der Waals surface area contributed by atoms with Crippen molar-refractivity contribution in [2.24, 2.45) is 0 Å². The second-order valence-corrected chi connectivity index (χ2v) is 4.92. The van der Waals surface area contributed by atoms with Gasteiger partial charge in [-0.05, 0) is 45.8 Å². The number of imidazole rings is 1. The molecule has 0 bridgehead atoms. The molecule has 90 valence electrons. The standard InChI is InChI=1S/C13H18N4/c1-10-7-11(2)17-9-12(15-13(17)14-10)8-16-5-3-4-6-16/h7,9H,3-6,8H2,1-2H3. The van der Waals surface area contributed by atoms with Gasteiger partial charge in [0.2, 0.25) is 5.78 Å². The molecule has 1 fully saturated rings. The fourth-order valence-electron chi connectivity index (χ4n) is 2.56. The largest absolute Gasteiger partial charge is 0.297 e. The lowest BCUT2D eigenvalue weighted by atomic mass is 10.3. The second-order valence-electron chi connectivity index (χ2n) is 4.92. The van der Waals surface area contributed by atoms with Gasteiger partial charge >= 0.3 is 0 Å². The number of aromatic nitrogens is 3. The van der Waals surface area contributed by atoms with Crippen LogP contribution in [-0.2, 0) is 6.54 Å². The van der Waals surface area contributed by atoms with Crippen molar-refractivity contribution >= 4 is 5.78 Å². The van der Waals surface area contributed by atoms with Gasteiger partial charge in [-0.25, -0.2) is 9.97 Å². The van der Waals surface area contributed by atoms with Crippen LogP contribution in [0.2, 0.25) is 0 Å². The van der Waals surface area contributed by atoms with Crippen molar-refractivity contribution in [3.8, 4) is 0 Å². The van der Waals surface area contributed by atoms with Gasteiger partial charge in [-0.2, -0.15) is 0 Å². The van der Waals surface area contributed by atoms with Crippen LogP contribution in [0.15, 0.2) is 12.3 Å². The molecule has 0 atom stereocenters. The maximum atomic E-state index is 4.61. The van der Waals surface area contributed by atoms with Gasteiger partial charge in [0.25, 0.3) is 0 Å². The Kier molecular flexibility index (Phi) is 2.59. The van der Waals surface area contributed by atoms with Crippen molar-refractivity contribution in [3.63, 3.8) is 0 Å². The quantitative estimate of drug-likeness (QED) is 0.790. The summed E-state index contributed by atoms with van der Waals surface area (Å²) in [6.07, 6.45) is 4.77. The summed E-state index contributed by atoms with van der Waals surface area (Å²) in [7, 11) is 0. The van der Waals surface area contributed by atoms with Crippen molar-refractivity contribution in [3.05, 3.63) is 29.3 Å². The van der Waals surface area contributed by atoms with Gasteiger partial charge in [-0.1, -0.05) is 0 Å². The Morgan fingerprint density at radius 1 is 1.18 bits per heavy atom. The summed E-state index contributed by atoms with van der Waals surface area (Å²) in [4.78, 5) is 11.5. The van der Waals surface area contributed by atoms with Crippen LogP contribution in [0.5, 0.6) is 0 Å². The molecule has 1 aliphatic heterocycles. The predicted octanol–water partition coefficient (Wildman–Crippen LogP) is 1.94. The number of hydrogen-bond acceptors (Lipinski definition) is 3. The zero-order valence-electron chi connectivity index (χ0n) is 10.5. The number of nitrogens with zero attached hydrogens (tertiary/aromatic N) is 4. The van der Waals surface area contributed by atoms with Crippen molar-refractivity contribution in [1.82, 2.24) is 19.3 Å². The maximum Gasteiger partial charge on any atom is 0.234 e. The minimum absolute atomic E-state index is 0.830. The van der Waals surface area contributed by atoms with Crippen LogP contribution in [0.25, 0.3) is 5.78 Å². The van der Waals surface area contributed by atoms with Gasteiger partial charge in [0, 0.05) is 24.1 Å². The fourth-order valence-corrected chi connectivity index (χ4v) is 2.56. The highest BCUT2D eigenvalue weighted by molar-refractivity contribution is 5.34. The first-order valence-electron chi connectivity index (χ1n) is 6.27. The predicted molar refractivity (Wildman–Crippen MR) is 67.0 cm³/mol. The molecular formula is C13H18N4. The molecular weight excluding hydrogens is 212 g/mol. The molecule has 0 unspecified atom stereocenters. The van der Waals surface area contributed by atoms with Gasteiger partial charge in [0.05, 0.1) is 5.69 Å². The smallest absolute Gasteiger partial charge is 0.234 e. The van der Waals surface area contributed by atoms with E-state index in [1.807, 2.05) is 6.92 Å². The first-order valence-corrected chi connectivity index (χ1v) is 6.27. The molecule has 1 saturated heterocycles. The minimum Gasteiger partial charge on any atom is -0.297 e. The molecule has 0 N–H and O–H groups in total. The number of rotatable bonds is 2. The highest BCUT2D eigenvalue weighted by Gasteiger charge is 2.14. The summed E-state index contributed by atoms with van der Waals surface area (Å²) in [5.74, 6) is 0.830. The van der Waals surface area contributed by atoms with E-state index in [4.69, 9.17) is 0 Å². The van der Waals surface area contributed by atoms with E-state index in [1.165, 1.54) is 31.6 Å². The normalized spacial score (nSPS) is 17.1. The number of fused-ring (bicyclic) bond motifs is 1. The summed E-state index contributed by atoms with van der Waals surface area (Å²) in [5.41, 5.74) is 3.37. The van der Waals surface area contributed by atoms with E-state index in [0.717, 1.165) is 23.7 Å². The summed E-state index contributed by atoms with van der Waals surface area (Å²) >= 11 is 0. The third-order valence-corrected chi connectivity index (χ3v) is 3.40. The zero-order chi connectivity index (χ0) is 11.8. The Balaban J connectivity index is 1.93. The Bertz CT molecular complexity index is 538. The number of aryl methyl sites for hydroxylation is 2. The summed E-state index contributed by atoms with van der Waals surface area (Å²) in [6.45, 7) is 7.49. The highest BCUT2D eigenvalue weighted by atomic mass is 15.2. The van der Waals surface area contributed by atoms with E-state index in [1.54, 1.807) is 0 Å². The topological polar surface area (TPSA) is 33.4 Å². The van der Waals surface area contributed by atoms with E-state index < -0.39 is 0 Å². The molecule has 0 aliphatic carbocycles. The van der Waals surface area contributed by atoms with Gasteiger partial charge in [0.1, 0.15) is 0 Å². The Morgan fingerprint density at radius 3 is 2.71 bits per heavy atom. The lowest BCUT2D eigenvalue weighted by Crippen LogP contribution is -2.18. The van der Waals surface area contributed by atoms with Gasteiger partial charge in [0.15, 0.2) is 0 Å². The van der Waals surface area contributed by atoms with E-state index in [-0.39, 0.29) is 0 Å². The Morgan fingerprint density at radius 2 is 1.94 bits per heavy atom. The van der Waals surface area contributed by atoms with Crippen LogP contribution >= 0.6 is 0 Å². The van der Waals surface area contributed by atoms with Gasteiger partial charge in [-0.15, -0.1) is 0 Å². The van der Waals surface area contributed by atoms with Gasteiger partial charge < -0.3 is 0 Å². The number of hydrogen-bond donors (Lipinski definition) is 0. The van der Waals surface area contributed by atoms with Crippen LogP contribution in [0.4, 0.5) is 0 Å². The monoisotopic (exact) mass is 230 g/mol. The average Bonchev–Trinajstić information content (AvgIpc) is 2.87. The summed E-state index contributed by atoms with van der Waals surface area (Å²) in [6, 6.07) is 2.09. The first kappa shape index (κ1) is 10.7. The van der Waals surface area contributed by atoms with Crippen LogP contribution in [-0.4, -0.2) is 32.4 Å². The van der Waals surface area contributed by atoms with E-state index in [9.17, 15) is 0 Å². The lowest BCUT2D eigenvalue weighted by molar-refractivity contribution is 0.328. The average molecular weight is 230 g/mol. The first-order chi connectivity index (χ1) is 8.22. The molecule has 0 saturated carbocycles. The van der Waals surface area contributed by atoms with Crippen molar-refractivity contribution < 1.29 is 0 Å². The van der Waals surface area contributed by atoms with E-state index in [0.29, 0.717) is 0 Å². The minimum atomic E-state index is 0.830. The van der Waals surface area contributed by atoms with Crippen LogP contribution in [0, 0.1) is 13.8 Å². The summed E-state index contributed by atoms with van der Waals surface area (Å²) in [5, 5.41) is 0. The third-order valence-electron chi connectivity index (χ3n) is 3.40. The molecule has 17 heavy (non-hydrogen) atoms. The van der Waals surface area contributed by atoms with Crippen molar-refractivity contribution in [1.29, 1.82) is 0 Å².